The van der Waals surface area contributed by atoms with Crippen molar-refractivity contribution in [1.82, 2.24) is 14.5 Å². The molecule has 0 unspecified atom stereocenters. The summed E-state index contributed by atoms with van der Waals surface area (Å²) in [6.07, 6.45) is 3.31. The standard InChI is InChI=1S/C19H19N3O3.C2H6/c1-14-10-17(25-13-18-20-8-3-9-21-18)11-19(23)22(14)12-15-4-6-16(24-2)7-5-15;1-2/h3-11H,12-13H2,1-2H3;1-2H3. The average Bonchev–Trinajstić information content (AvgIpc) is 2.72. The molecular weight excluding hydrogens is 342 g/mol. The molecule has 3 aromatic rings. The maximum absolute atomic E-state index is 12.4. The quantitative estimate of drug-likeness (QED) is 0.666. The summed E-state index contributed by atoms with van der Waals surface area (Å²) in [7, 11) is 1.63. The second-order valence-corrected chi connectivity index (χ2v) is 5.56. The Bertz CT molecular complexity index is 891. The van der Waals surface area contributed by atoms with Crippen molar-refractivity contribution < 1.29 is 9.47 Å². The third kappa shape index (κ3) is 5.67. The van der Waals surface area contributed by atoms with Crippen LogP contribution in [0.1, 0.15) is 30.9 Å². The van der Waals surface area contributed by atoms with Gasteiger partial charge in [-0.1, -0.05) is 26.0 Å². The molecule has 0 aliphatic heterocycles. The van der Waals surface area contributed by atoms with Crippen LogP contribution in [-0.2, 0) is 13.2 Å². The van der Waals surface area contributed by atoms with E-state index in [4.69, 9.17) is 9.47 Å². The number of aromatic nitrogens is 3. The van der Waals surface area contributed by atoms with E-state index in [0.717, 1.165) is 17.0 Å². The molecule has 6 heteroatoms. The van der Waals surface area contributed by atoms with Crippen LogP contribution < -0.4 is 15.0 Å². The first kappa shape index (κ1) is 20.2. The Balaban J connectivity index is 0.00000126. The van der Waals surface area contributed by atoms with Crippen LogP contribution in [0.2, 0.25) is 0 Å². The van der Waals surface area contributed by atoms with Gasteiger partial charge in [-0.3, -0.25) is 4.79 Å². The lowest BCUT2D eigenvalue weighted by Gasteiger charge is -2.12. The molecule has 27 heavy (non-hydrogen) atoms. The summed E-state index contributed by atoms with van der Waals surface area (Å²) in [6.45, 7) is 6.61. The normalized spacial score (nSPS) is 9.93. The largest absolute Gasteiger partial charge is 0.497 e. The van der Waals surface area contributed by atoms with E-state index < -0.39 is 0 Å². The molecule has 0 fully saturated rings. The third-order valence-corrected chi connectivity index (χ3v) is 3.80. The van der Waals surface area contributed by atoms with E-state index in [0.29, 0.717) is 18.1 Å². The molecule has 2 heterocycles. The predicted molar refractivity (Wildman–Crippen MR) is 105 cm³/mol. The molecule has 0 saturated carbocycles. The summed E-state index contributed by atoms with van der Waals surface area (Å²) in [5.41, 5.74) is 1.74. The van der Waals surface area contributed by atoms with Crippen molar-refractivity contribution in [3.63, 3.8) is 0 Å². The number of hydrogen-bond acceptors (Lipinski definition) is 5. The number of pyridine rings is 1. The van der Waals surface area contributed by atoms with Crippen LogP contribution in [0.3, 0.4) is 0 Å². The number of hydrogen-bond donors (Lipinski definition) is 0. The summed E-state index contributed by atoms with van der Waals surface area (Å²) in [4.78, 5) is 20.6. The second-order valence-electron chi connectivity index (χ2n) is 5.56. The summed E-state index contributed by atoms with van der Waals surface area (Å²) in [6, 6.07) is 12.7. The number of benzene rings is 1. The molecule has 0 radical (unpaired) electrons. The van der Waals surface area contributed by atoms with Gasteiger partial charge in [0.15, 0.2) is 5.82 Å². The summed E-state index contributed by atoms with van der Waals surface area (Å²) >= 11 is 0. The number of ether oxygens (including phenoxy) is 2. The van der Waals surface area contributed by atoms with E-state index in [1.165, 1.54) is 6.07 Å². The number of methoxy groups -OCH3 is 1. The van der Waals surface area contributed by atoms with Gasteiger partial charge in [-0.05, 0) is 36.8 Å². The first-order chi connectivity index (χ1) is 13.2. The van der Waals surface area contributed by atoms with E-state index in [9.17, 15) is 4.79 Å². The van der Waals surface area contributed by atoms with E-state index in [2.05, 4.69) is 9.97 Å². The zero-order valence-electron chi connectivity index (χ0n) is 16.2. The van der Waals surface area contributed by atoms with Gasteiger partial charge in [0.25, 0.3) is 5.56 Å². The molecule has 3 rings (SSSR count). The molecule has 6 nitrogen and oxygen atoms in total. The lowest BCUT2D eigenvalue weighted by Crippen LogP contribution is -2.22. The molecule has 0 amide bonds. The SMILES string of the molecule is CC.COc1ccc(Cn2c(C)cc(OCc3ncccn3)cc2=O)cc1. The van der Waals surface area contributed by atoms with Crippen LogP contribution in [0.4, 0.5) is 0 Å². The first-order valence-electron chi connectivity index (χ1n) is 8.89. The van der Waals surface area contributed by atoms with Crippen LogP contribution in [-0.4, -0.2) is 21.6 Å². The lowest BCUT2D eigenvalue weighted by atomic mass is 10.2. The summed E-state index contributed by atoms with van der Waals surface area (Å²) < 4.78 is 12.5. The van der Waals surface area contributed by atoms with Crippen LogP contribution >= 0.6 is 0 Å². The van der Waals surface area contributed by atoms with E-state index in [1.54, 1.807) is 30.1 Å². The minimum Gasteiger partial charge on any atom is -0.497 e. The summed E-state index contributed by atoms with van der Waals surface area (Å²) in [5, 5.41) is 0. The van der Waals surface area contributed by atoms with Gasteiger partial charge in [-0.15, -0.1) is 0 Å². The Labute approximate surface area is 159 Å². The lowest BCUT2D eigenvalue weighted by molar-refractivity contribution is 0.294. The first-order valence-corrected chi connectivity index (χ1v) is 8.89. The van der Waals surface area contributed by atoms with E-state index >= 15 is 0 Å². The van der Waals surface area contributed by atoms with E-state index in [1.807, 2.05) is 51.1 Å². The Morgan fingerprint density at radius 3 is 2.26 bits per heavy atom. The molecule has 0 saturated heterocycles. The van der Waals surface area contributed by atoms with Crippen molar-refractivity contribution in [2.75, 3.05) is 7.11 Å². The fourth-order valence-corrected chi connectivity index (χ4v) is 2.45. The Hall–Kier alpha value is -3.15. The van der Waals surface area contributed by atoms with Gasteiger partial charge in [0, 0.05) is 24.2 Å². The van der Waals surface area contributed by atoms with Crippen molar-refractivity contribution in [1.29, 1.82) is 0 Å². The van der Waals surface area contributed by atoms with Crippen LogP contribution in [0, 0.1) is 6.92 Å². The number of nitrogens with zero attached hydrogens (tertiary/aromatic N) is 3. The molecule has 0 aliphatic rings. The zero-order valence-corrected chi connectivity index (χ0v) is 16.2. The zero-order chi connectivity index (χ0) is 19.6. The molecule has 0 spiro atoms. The summed E-state index contributed by atoms with van der Waals surface area (Å²) in [5.74, 6) is 1.88. The van der Waals surface area contributed by atoms with Gasteiger partial charge in [0.2, 0.25) is 0 Å². The van der Waals surface area contributed by atoms with Crippen LogP contribution in [0.5, 0.6) is 11.5 Å². The minimum absolute atomic E-state index is 0.111. The highest BCUT2D eigenvalue weighted by Gasteiger charge is 2.07. The highest BCUT2D eigenvalue weighted by Crippen LogP contribution is 2.15. The van der Waals surface area contributed by atoms with Gasteiger partial charge >= 0.3 is 0 Å². The topological polar surface area (TPSA) is 66.2 Å². The Morgan fingerprint density at radius 1 is 1.00 bits per heavy atom. The molecular formula is C21H25N3O3. The predicted octanol–water partition coefficient (Wildman–Crippen LogP) is 3.61. The van der Waals surface area contributed by atoms with Crippen LogP contribution in [0.15, 0.2) is 59.7 Å². The van der Waals surface area contributed by atoms with Gasteiger partial charge < -0.3 is 14.0 Å². The molecule has 0 N–H and O–H groups in total. The van der Waals surface area contributed by atoms with Gasteiger partial charge in [0.1, 0.15) is 18.1 Å². The number of aryl methyl sites for hydroxylation is 1. The van der Waals surface area contributed by atoms with Crippen molar-refractivity contribution in [2.45, 2.75) is 33.9 Å². The monoisotopic (exact) mass is 367 g/mol. The van der Waals surface area contributed by atoms with Crippen molar-refractivity contribution in [3.05, 3.63) is 82.3 Å². The highest BCUT2D eigenvalue weighted by atomic mass is 16.5. The minimum atomic E-state index is -0.111. The third-order valence-electron chi connectivity index (χ3n) is 3.80. The maximum Gasteiger partial charge on any atom is 0.254 e. The van der Waals surface area contributed by atoms with Gasteiger partial charge in [0.05, 0.1) is 13.7 Å². The fraction of sp³-hybridized carbons (Fsp3) is 0.286. The van der Waals surface area contributed by atoms with E-state index in [-0.39, 0.29) is 12.2 Å². The average molecular weight is 367 g/mol. The maximum atomic E-state index is 12.4. The molecule has 0 atom stereocenters. The van der Waals surface area contributed by atoms with Crippen molar-refractivity contribution >= 4 is 0 Å². The molecule has 0 bridgehead atoms. The van der Waals surface area contributed by atoms with Crippen molar-refractivity contribution in [3.8, 4) is 11.5 Å². The second kappa shape index (κ2) is 10.1. The molecule has 1 aromatic carbocycles. The van der Waals surface area contributed by atoms with Crippen molar-refractivity contribution in [2.24, 2.45) is 0 Å². The molecule has 0 aliphatic carbocycles. The van der Waals surface area contributed by atoms with Gasteiger partial charge in [-0.25, -0.2) is 9.97 Å². The van der Waals surface area contributed by atoms with Gasteiger partial charge in [-0.2, -0.15) is 0 Å². The molecule has 2 aromatic heterocycles. The number of rotatable bonds is 6. The molecule has 142 valence electrons. The Kier molecular flexibility index (Phi) is 7.55. The fourth-order valence-electron chi connectivity index (χ4n) is 2.45. The van der Waals surface area contributed by atoms with Crippen LogP contribution in [0.25, 0.3) is 0 Å². The smallest absolute Gasteiger partial charge is 0.254 e. The Morgan fingerprint density at radius 2 is 1.67 bits per heavy atom. The highest BCUT2D eigenvalue weighted by molar-refractivity contribution is 5.29.